The Morgan fingerprint density at radius 1 is 1.21 bits per heavy atom. The summed E-state index contributed by atoms with van der Waals surface area (Å²) in [7, 11) is 1.55. The van der Waals surface area contributed by atoms with E-state index in [-0.39, 0.29) is 12.3 Å². The highest BCUT2D eigenvalue weighted by Crippen LogP contribution is 2.24. The Labute approximate surface area is 169 Å². The van der Waals surface area contributed by atoms with Crippen LogP contribution in [-0.2, 0) is 11.2 Å². The Bertz CT molecular complexity index is 828. The number of hydrogen-bond donors (Lipinski definition) is 2. The minimum atomic E-state index is -0.407. The van der Waals surface area contributed by atoms with Crippen LogP contribution in [0.1, 0.15) is 26.0 Å². The molecule has 7 nitrogen and oxygen atoms in total. The predicted octanol–water partition coefficient (Wildman–Crippen LogP) is 3.84. The van der Waals surface area contributed by atoms with Crippen LogP contribution in [-0.4, -0.2) is 42.0 Å². The predicted molar refractivity (Wildman–Crippen MR) is 111 cm³/mol. The van der Waals surface area contributed by atoms with Crippen molar-refractivity contribution in [2.24, 2.45) is 11.8 Å². The van der Waals surface area contributed by atoms with E-state index in [1.807, 2.05) is 22.4 Å². The van der Waals surface area contributed by atoms with Crippen molar-refractivity contribution in [3.05, 3.63) is 35.3 Å². The molecule has 1 aromatic carbocycles. The highest BCUT2D eigenvalue weighted by Gasteiger charge is 2.25. The molecule has 2 aromatic rings. The molecule has 150 valence electrons. The van der Waals surface area contributed by atoms with Gasteiger partial charge in [0.15, 0.2) is 5.13 Å². The summed E-state index contributed by atoms with van der Waals surface area (Å²) in [5, 5.41) is 7.71. The van der Waals surface area contributed by atoms with Crippen LogP contribution >= 0.6 is 11.3 Å². The van der Waals surface area contributed by atoms with Gasteiger partial charge in [-0.15, -0.1) is 11.3 Å². The molecule has 1 aromatic heterocycles. The summed E-state index contributed by atoms with van der Waals surface area (Å²) in [6.45, 7) is 5.97. The number of anilines is 2. The minimum absolute atomic E-state index is 0.0914. The second kappa shape index (κ2) is 9.05. The van der Waals surface area contributed by atoms with Crippen LogP contribution < -0.4 is 15.4 Å². The molecule has 0 saturated carbocycles. The van der Waals surface area contributed by atoms with Gasteiger partial charge in [-0.25, -0.2) is 9.78 Å². The Morgan fingerprint density at radius 2 is 1.93 bits per heavy atom. The van der Waals surface area contributed by atoms with Crippen molar-refractivity contribution >= 4 is 34.1 Å². The quantitative estimate of drug-likeness (QED) is 0.796. The first kappa shape index (κ1) is 20.1. The third-order valence-corrected chi connectivity index (χ3v) is 5.49. The average Bonchev–Trinajstić information content (AvgIpc) is 3.08. The first-order valence-electron chi connectivity index (χ1n) is 9.37. The Balaban J connectivity index is 1.55. The molecule has 2 atom stereocenters. The van der Waals surface area contributed by atoms with E-state index in [0.717, 1.165) is 19.5 Å². The first-order valence-corrected chi connectivity index (χ1v) is 10.3. The molecule has 28 heavy (non-hydrogen) atoms. The van der Waals surface area contributed by atoms with Crippen molar-refractivity contribution in [3.63, 3.8) is 0 Å². The molecule has 1 aliphatic rings. The zero-order valence-electron chi connectivity index (χ0n) is 16.4. The summed E-state index contributed by atoms with van der Waals surface area (Å²) in [5.74, 6) is 1.72. The number of methoxy groups -OCH3 is 1. The molecule has 1 aliphatic heterocycles. The number of piperidine rings is 1. The zero-order valence-corrected chi connectivity index (χ0v) is 17.2. The maximum Gasteiger partial charge on any atom is 0.325 e. The lowest BCUT2D eigenvalue weighted by Crippen LogP contribution is -2.43. The summed E-state index contributed by atoms with van der Waals surface area (Å²) in [4.78, 5) is 31.1. The van der Waals surface area contributed by atoms with Gasteiger partial charge in [0, 0.05) is 18.5 Å². The van der Waals surface area contributed by atoms with E-state index in [0.29, 0.717) is 34.1 Å². The highest BCUT2D eigenvalue weighted by atomic mass is 32.1. The van der Waals surface area contributed by atoms with Crippen LogP contribution in [0.15, 0.2) is 29.6 Å². The molecule has 2 heterocycles. The van der Waals surface area contributed by atoms with Crippen molar-refractivity contribution in [1.82, 2.24) is 9.88 Å². The van der Waals surface area contributed by atoms with Gasteiger partial charge >= 0.3 is 6.03 Å². The largest absolute Gasteiger partial charge is 0.495 e. The molecular formula is C20H26N4O3S. The molecule has 3 rings (SSSR count). The van der Waals surface area contributed by atoms with Crippen LogP contribution in [0.4, 0.5) is 15.6 Å². The number of nitrogens with one attached hydrogen (secondary N) is 2. The highest BCUT2D eigenvalue weighted by molar-refractivity contribution is 7.14. The van der Waals surface area contributed by atoms with Crippen LogP contribution in [0.3, 0.4) is 0 Å². The second-order valence-corrected chi connectivity index (χ2v) is 8.20. The second-order valence-electron chi connectivity index (χ2n) is 7.34. The van der Waals surface area contributed by atoms with E-state index < -0.39 is 6.03 Å². The number of nitrogens with zero attached hydrogens (tertiary/aromatic N) is 2. The Hall–Kier alpha value is -2.61. The number of rotatable bonds is 5. The number of carbonyl (C=O) groups excluding carboxylic acids is 2. The van der Waals surface area contributed by atoms with Crippen molar-refractivity contribution in [1.29, 1.82) is 0 Å². The number of para-hydroxylation sites is 2. The normalized spacial score (nSPS) is 19.2. The number of aromatic nitrogens is 1. The van der Waals surface area contributed by atoms with Crippen molar-refractivity contribution < 1.29 is 14.3 Å². The van der Waals surface area contributed by atoms with Gasteiger partial charge in [0.2, 0.25) is 5.91 Å². The van der Waals surface area contributed by atoms with Gasteiger partial charge < -0.3 is 15.0 Å². The van der Waals surface area contributed by atoms with E-state index in [2.05, 4.69) is 29.5 Å². The topological polar surface area (TPSA) is 83.6 Å². The Morgan fingerprint density at radius 3 is 2.64 bits per heavy atom. The van der Waals surface area contributed by atoms with Crippen LogP contribution in [0.5, 0.6) is 5.75 Å². The number of benzene rings is 1. The van der Waals surface area contributed by atoms with E-state index in [1.165, 1.54) is 11.3 Å². The first-order chi connectivity index (χ1) is 13.4. The molecular weight excluding hydrogens is 376 g/mol. The maximum atomic E-state index is 12.6. The number of thiazole rings is 1. The number of amides is 3. The Kier molecular flexibility index (Phi) is 6.51. The van der Waals surface area contributed by atoms with Crippen molar-refractivity contribution in [2.75, 3.05) is 30.8 Å². The number of urea groups is 1. The molecule has 2 N–H and O–H groups in total. The molecule has 3 amide bonds. The fraction of sp³-hybridized carbons (Fsp3) is 0.450. The van der Waals surface area contributed by atoms with Gasteiger partial charge in [0.25, 0.3) is 0 Å². The van der Waals surface area contributed by atoms with Crippen LogP contribution in [0, 0.1) is 11.8 Å². The standard InChI is InChI=1S/C20H26N4O3S/c1-13-8-14(2)11-24(10-13)18(25)9-15-12-28-20(21-15)23-19(26)22-16-6-4-5-7-17(16)27-3/h4-7,12-14H,8-11H2,1-3H3,(H2,21,22,23,26). The third-order valence-electron chi connectivity index (χ3n) is 4.68. The zero-order chi connectivity index (χ0) is 20.1. The van der Waals surface area contributed by atoms with Gasteiger partial charge in [0.05, 0.1) is 24.9 Å². The third kappa shape index (κ3) is 5.22. The van der Waals surface area contributed by atoms with E-state index in [9.17, 15) is 9.59 Å². The smallest absolute Gasteiger partial charge is 0.325 e. The van der Waals surface area contributed by atoms with Gasteiger partial charge in [-0.05, 0) is 30.4 Å². The molecule has 0 bridgehead atoms. The van der Waals surface area contributed by atoms with E-state index >= 15 is 0 Å². The van der Waals surface area contributed by atoms with Crippen molar-refractivity contribution in [3.8, 4) is 5.75 Å². The fourth-order valence-electron chi connectivity index (χ4n) is 3.58. The summed E-state index contributed by atoms with van der Waals surface area (Å²) in [6, 6.07) is 6.76. The fourth-order valence-corrected chi connectivity index (χ4v) is 4.28. The van der Waals surface area contributed by atoms with E-state index in [1.54, 1.807) is 19.2 Å². The average molecular weight is 403 g/mol. The number of hydrogen-bond acceptors (Lipinski definition) is 5. The molecule has 8 heteroatoms. The maximum absolute atomic E-state index is 12.6. The molecule has 1 saturated heterocycles. The lowest BCUT2D eigenvalue weighted by atomic mass is 9.92. The SMILES string of the molecule is COc1ccccc1NC(=O)Nc1nc(CC(=O)N2CC(C)CC(C)C2)cs1. The lowest BCUT2D eigenvalue weighted by Gasteiger charge is -2.35. The summed E-state index contributed by atoms with van der Waals surface area (Å²) >= 11 is 1.30. The minimum Gasteiger partial charge on any atom is -0.495 e. The molecule has 0 aliphatic carbocycles. The number of likely N-dealkylation sites (tertiary alicyclic amines) is 1. The van der Waals surface area contributed by atoms with E-state index in [4.69, 9.17) is 4.74 Å². The van der Waals surface area contributed by atoms with Crippen LogP contribution in [0.25, 0.3) is 0 Å². The van der Waals surface area contributed by atoms with Gasteiger partial charge in [0.1, 0.15) is 5.75 Å². The molecule has 0 spiro atoms. The van der Waals surface area contributed by atoms with Crippen molar-refractivity contribution in [2.45, 2.75) is 26.7 Å². The monoisotopic (exact) mass is 402 g/mol. The number of ether oxygens (including phenoxy) is 1. The van der Waals surface area contributed by atoms with Crippen LogP contribution in [0.2, 0.25) is 0 Å². The molecule has 0 radical (unpaired) electrons. The van der Waals surface area contributed by atoms with Gasteiger partial charge in [-0.1, -0.05) is 26.0 Å². The molecule has 2 unspecified atom stereocenters. The summed E-state index contributed by atoms with van der Waals surface area (Å²) in [6.07, 6.45) is 1.42. The number of carbonyl (C=O) groups is 2. The lowest BCUT2D eigenvalue weighted by molar-refractivity contribution is -0.133. The van der Waals surface area contributed by atoms with Gasteiger partial charge in [-0.3, -0.25) is 10.1 Å². The molecule has 1 fully saturated rings. The summed E-state index contributed by atoms with van der Waals surface area (Å²) < 4.78 is 5.22. The summed E-state index contributed by atoms with van der Waals surface area (Å²) in [5.41, 5.74) is 1.25. The van der Waals surface area contributed by atoms with Gasteiger partial charge in [-0.2, -0.15) is 0 Å².